The lowest BCUT2D eigenvalue weighted by molar-refractivity contribution is 0.0497. The fourth-order valence-electron chi connectivity index (χ4n) is 2.51. The molecule has 128 valence electrons. The van der Waals surface area contributed by atoms with Crippen molar-refractivity contribution in [2.75, 3.05) is 30.8 Å². The van der Waals surface area contributed by atoms with Crippen LogP contribution in [0.15, 0.2) is 12.3 Å². The Morgan fingerprint density at radius 3 is 2.61 bits per heavy atom. The summed E-state index contributed by atoms with van der Waals surface area (Å²) in [6.45, 7) is 7.18. The van der Waals surface area contributed by atoms with Crippen molar-refractivity contribution in [2.24, 2.45) is 0 Å². The van der Waals surface area contributed by atoms with Gasteiger partial charge in [-0.15, -0.1) is 0 Å². The van der Waals surface area contributed by atoms with E-state index in [0.717, 1.165) is 31.7 Å². The van der Waals surface area contributed by atoms with Gasteiger partial charge in [0.05, 0.1) is 19.0 Å². The fraction of sp³-hybridized carbons (Fsp3) is 0.625. The average molecular weight is 322 g/mol. The molecule has 1 amide bonds. The molecule has 1 saturated heterocycles. The van der Waals surface area contributed by atoms with Gasteiger partial charge < -0.3 is 25.4 Å². The zero-order valence-corrected chi connectivity index (χ0v) is 14.3. The normalized spacial score (nSPS) is 16.1. The Hall–Kier alpha value is -2.18. The van der Waals surface area contributed by atoms with Gasteiger partial charge in [-0.2, -0.15) is 0 Å². The third kappa shape index (κ3) is 4.91. The number of piperidine rings is 1. The molecule has 0 radical (unpaired) electrons. The number of nitrogens with two attached hydrogens (primary N) is 1. The van der Waals surface area contributed by atoms with Crippen LogP contribution in [0.5, 0.6) is 5.75 Å². The first-order chi connectivity index (χ1) is 10.8. The molecule has 1 aromatic rings. The van der Waals surface area contributed by atoms with Crippen LogP contribution < -0.4 is 20.7 Å². The molecular formula is C16H26N4O3. The lowest BCUT2D eigenvalue weighted by atomic mass is 10.1. The van der Waals surface area contributed by atoms with Gasteiger partial charge >= 0.3 is 6.09 Å². The molecule has 3 N–H and O–H groups in total. The van der Waals surface area contributed by atoms with E-state index in [0.29, 0.717) is 11.4 Å². The summed E-state index contributed by atoms with van der Waals surface area (Å²) in [5.41, 5.74) is 5.84. The summed E-state index contributed by atoms with van der Waals surface area (Å²) in [4.78, 5) is 18.3. The molecule has 2 rings (SSSR count). The number of hydrogen-bond donors (Lipinski definition) is 2. The maximum absolute atomic E-state index is 11.8. The van der Waals surface area contributed by atoms with E-state index >= 15 is 0 Å². The number of hydrogen-bond acceptors (Lipinski definition) is 6. The van der Waals surface area contributed by atoms with Crippen LogP contribution in [0.1, 0.15) is 33.6 Å². The first-order valence-electron chi connectivity index (χ1n) is 7.82. The summed E-state index contributed by atoms with van der Waals surface area (Å²) in [5.74, 6) is 1.47. The number of pyridine rings is 1. The summed E-state index contributed by atoms with van der Waals surface area (Å²) in [6.07, 6.45) is 2.93. The van der Waals surface area contributed by atoms with Gasteiger partial charge in [0.1, 0.15) is 17.2 Å². The molecular weight excluding hydrogens is 296 g/mol. The van der Waals surface area contributed by atoms with Gasteiger partial charge in [0.25, 0.3) is 0 Å². The minimum absolute atomic E-state index is 0.122. The maximum Gasteiger partial charge on any atom is 0.407 e. The zero-order chi connectivity index (χ0) is 17.0. The first-order valence-corrected chi connectivity index (χ1v) is 7.82. The number of nitrogens with zero attached hydrogens (tertiary/aromatic N) is 2. The maximum atomic E-state index is 11.8. The largest absolute Gasteiger partial charge is 0.494 e. The van der Waals surface area contributed by atoms with Crippen LogP contribution >= 0.6 is 0 Å². The van der Waals surface area contributed by atoms with Crippen molar-refractivity contribution < 1.29 is 14.3 Å². The monoisotopic (exact) mass is 322 g/mol. The van der Waals surface area contributed by atoms with Gasteiger partial charge in [-0.3, -0.25) is 0 Å². The van der Waals surface area contributed by atoms with Gasteiger partial charge in [-0.25, -0.2) is 9.78 Å². The smallest absolute Gasteiger partial charge is 0.407 e. The molecule has 1 fully saturated rings. The predicted molar refractivity (Wildman–Crippen MR) is 89.8 cm³/mol. The molecule has 0 aliphatic carbocycles. The minimum Gasteiger partial charge on any atom is -0.494 e. The second kappa shape index (κ2) is 6.93. The van der Waals surface area contributed by atoms with Crippen LogP contribution in [0.3, 0.4) is 0 Å². The van der Waals surface area contributed by atoms with E-state index in [2.05, 4.69) is 15.2 Å². The van der Waals surface area contributed by atoms with Crippen LogP contribution in [0, 0.1) is 0 Å². The van der Waals surface area contributed by atoms with E-state index in [9.17, 15) is 4.79 Å². The van der Waals surface area contributed by atoms with E-state index in [-0.39, 0.29) is 12.1 Å². The zero-order valence-electron chi connectivity index (χ0n) is 14.3. The minimum atomic E-state index is -0.477. The van der Waals surface area contributed by atoms with Crippen molar-refractivity contribution in [3.8, 4) is 5.75 Å². The number of rotatable bonds is 3. The lowest BCUT2D eigenvalue weighted by Crippen LogP contribution is -2.46. The number of methoxy groups -OCH3 is 1. The Kier molecular flexibility index (Phi) is 5.18. The molecule has 0 spiro atoms. The Labute approximate surface area is 137 Å². The van der Waals surface area contributed by atoms with Crippen molar-refractivity contribution in [3.05, 3.63) is 12.3 Å². The van der Waals surface area contributed by atoms with Crippen molar-refractivity contribution in [2.45, 2.75) is 45.3 Å². The van der Waals surface area contributed by atoms with Gasteiger partial charge in [0.2, 0.25) is 0 Å². The van der Waals surface area contributed by atoms with E-state index < -0.39 is 5.60 Å². The number of alkyl carbamates (subject to hydrolysis) is 1. The molecule has 7 heteroatoms. The van der Waals surface area contributed by atoms with Crippen LogP contribution in [0.2, 0.25) is 0 Å². The highest BCUT2D eigenvalue weighted by molar-refractivity contribution is 5.68. The molecule has 1 aliphatic heterocycles. The van der Waals surface area contributed by atoms with Gasteiger partial charge in [-0.05, 0) is 33.6 Å². The fourth-order valence-corrected chi connectivity index (χ4v) is 2.51. The van der Waals surface area contributed by atoms with Crippen LogP contribution in [-0.4, -0.2) is 42.9 Å². The molecule has 23 heavy (non-hydrogen) atoms. The number of nitrogens with one attached hydrogen (secondary N) is 1. The first kappa shape index (κ1) is 17.2. The SMILES string of the molecule is COc1cc(N2CCC(NC(=O)OC(C)(C)C)CC2)ncc1N. The van der Waals surface area contributed by atoms with E-state index in [1.54, 1.807) is 13.3 Å². The summed E-state index contributed by atoms with van der Waals surface area (Å²) in [6, 6.07) is 1.97. The molecule has 0 saturated carbocycles. The summed E-state index contributed by atoms with van der Waals surface area (Å²) < 4.78 is 10.5. The van der Waals surface area contributed by atoms with E-state index in [1.165, 1.54) is 0 Å². The van der Waals surface area contributed by atoms with Crippen molar-refractivity contribution in [1.29, 1.82) is 0 Å². The third-order valence-corrected chi connectivity index (χ3v) is 3.64. The topological polar surface area (TPSA) is 89.7 Å². The number of ether oxygens (including phenoxy) is 2. The van der Waals surface area contributed by atoms with Gasteiger partial charge in [0.15, 0.2) is 0 Å². The molecule has 0 atom stereocenters. The Bertz CT molecular complexity index is 549. The van der Waals surface area contributed by atoms with Crippen molar-refractivity contribution in [1.82, 2.24) is 10.3 Å². The number of aromatic nitrogens is 1. The number of anilines is 2. The average Bonchev–Trinajstić information content (AvgIpc) is 2.46. The quantitative estimate of drug-likeness (QED) is 0.886. The number of carbonyl (C=O) groups excluding carboxylic acids is 1. The summed E-state index contributed by atoms with van der Waals surface area (Å²) in [7, 11) is 1.59. The Morgan fingerprint density at radius 2 is 2.04 bits per heavy atom. The second-order valence-electron chi connectivity index (χ2n) is 6.69. The Balaban J connectivity index is 1.87. The van der Waals surface area contributed by atoms with Crippen LogP contribution in [0.25, 0.3) is 0 Å². The van der Waals surface area contributed by atoms with E-state index in [4.69, 9.17) is 15.2 Å². The van der Waals surface area contributed by atoms with Crippen molar-refractivity contribution in [3.63, 3.8) is 0 Å². The van der Waals surface area contributed by atoms with E-state index in [1.807, 2.05) is 26.8 Å². The number of amides is 1. The molecule has 0 aromatic carbocycles. The molecule has 7 nitrogen and oxygen atoms in total. The highest BCUT2D eigenvalue weighted by atomic mass is 16.6. The number of nitrogen functional groups attached to an aromatic ring is 1. The van der Waals surface area contributed by atoms with Crippen LogP contribution in [-0.2, 0) is 4.74 Å². The van der Waals surface area contributed by atoms with Crippen LogP contribution in [0.4, 0.5) is 16.3 Å². The molecule has 1 aromatic heterocycles. The molecule has 0 unspecified atom stereocenters. The summed E-state index contributed by atoms with van der Waals surface area (Å²) in [5, 5.41) is 2.93. The predicted octanol–water partition coefficient (Wildman–Crippen LogP) is 2.17. The summed E-state index contributed by atoms with van der Waals surface area (Å²) >= 11 is 0. The third-order valence-electron chi connectivity index (χ3n) is 3.64. The van der Waals surface area contributed by atoms with Crippen molar-refractivity contribution >= 4 is 17.6 Å². The van der Waals surface area contributed by atoms with Gasteiger partial charge in [-0.1, -0.05) is 0 Å². The standard InChI is InChI=1S/C16H26N4O3/c1-16(2,3)23-15(21)19-11-5-7-20(8-6-11)14-9-13(22-4)12(17)10-18-14/h9-11H,5-8,17H2,1-4H3,(H,19,21). The number of carbonyl (C=O) groups is 1. The molecule has 0 bridgehead atoms. The molecule has 2 heterocycles. The second-order valence-corrected chi connectivity index (χ2v) is 6.69. The molecule has 1 aliphatic rings. The highest BCUT2D eigenvalue weighted by Crippen LogP contribution is 2.26. The van der Waals surface area contributed by atoms with Gasteiger partial charge in [0, 0.05) is 25.2 Å². The Morgan fingerprint density at radius 1 is 1.39 bits per heavy atom. The highest BCUT2D eigenvalue weighted by Gasteiger charge is 2.24. The lowest BCUT2D eigenvalue weighted by Gasteiger charge is -2.33.